The van der Waals surface area contributed by atoms with Crippen LogP contribution in [0, 0.1) is 12.8 Å². The Labute approximate surface area is 171 Å². The molecule has 152 valence electrons. The quantitative estimate of drug-likeness (QED) is 0.671. The maximum Gasteiger partial charge on any atom is 0.309 e. The molecule has 2 N–H and O–H groups in total. The highest BCUT2D eigenvalue weighted by molar-refractivity contribution is 5.72. The van der Waals surface area contributed by atoms with Crippen LogP contribution in [-0.4, -0.2) is 40.0 Å². The lowest BCUT2D eigenvalue weighted by Gasteiger charge is -2.30. The van der Waals surface area contributed by atoms with Gasteiger partial charge in [0.2, 0.25) is 0 Å². The number of nitrogens with two attached hydrogens (primary N) is 1. The second kappa shape index (κ2) is 8.25. The minimum Gasteiger partial charge on any atom is -0.466 e. The average Bonchev–Trinajstić information content (AvgIpc) is 3.07. The number of nitrogen functional groups attached to an aromatic ring is 1. The molecular formula is C23H28N4O2. The monoisotopic (exact) mass is 392 g/mol. The van der Waals surface area contributed by atoms with Gasteiger partial charge in [0.25, 0.3) is 0 Å². The highest BCUT2D eigenvalue weighted by atomic mass is 16.5. The number of carbonyl (C=O) groups excluding carboxylic acids is 1. The van der Waals surface area contributed by atoms with Gasteiger partial charge in [-0.3, -0.25) is 9.69 Å². The molecule has 1 fully saturated rings. The van der Waals surface area contributed by atoms with Crippen molar-refractivity contribution in [3.8, 4) is 11.3 Å². The van der Waals surface area contributed by atoms with Gasteiger partial charge < -0.3 is 14.9 Å². The first-order valence-corrected chi connectivity index (χ1v) is 10.3. The van der Waals surface area contributed by atoms with Gasteiger partial charge in [-0.1, -0.05) is 29.8 Å². The van der Waals surface area contributed by atoms with E-state index in [9.17, 15) is 4.79 Å². The van der Waals surface area contributed by atoms with E-state index in [-0.39, 0.29) is 11.9 Å². The van der Waals surface area contributed by atoms with E-state index in [2.05, 4.69) is 40.5 Å². The molecule has 0 unspecified atom stereocenters. The summed E-state index contributed by atoms with van der Waals surface area (Å²) in [5, 5.41) is 0. The zero-order chi connectivity index (χ0) is 20.4. The van der Waals surface area contributed by atoms with Crippen molar-refractivity contribution in [1.29, 1.82) is 0 Å². The SMILES string of the molecule is CCOC(=O)C1CCN(Cc2c(-c3ccc(C)cc3)nc3ccc(N)cn23)CC1. The van der Waals surface area contributed by atoms with E-state index in [4.69, 9.17) is 15.5 Å². The number of likely N-dealkylation sites (tertiary alicyclic amines) is 1. The van der Waals surface area contributed by atoms with Crippen molar-refractivity contribution in [3.63, 3.8) is 0 Å². The number of nitrogens with zero attached hydrogens (tertiary/aromatic N) is 3. The number of anilines is 1. The molecule has 1 aromatic carbocycles. The number of carbonyl (C=O) groups is 1. The summed E-state index contributed by atoms with van der Waals surface area (Å²) in [6.45, 7) is 6.89. The summed E-state index contributed by atoms with van der Waals surface area (Å²) in [5.74, 6) is -0.0457. The molecule has 0 atom stereocenters. The van der Waals surface area contributed by atoms with Crippen LogP contribution < -0.4 is 5.73 Å². The first-order chi connectivity index (χ1) is 14.0. The highest BCUT2D eigenvalue weighted by Crippen LogP contribution is 2.28. The lowest BCUT2D eigenvalue weighted by Crippen LogP contribution is -2.36. The van der Waals surface area contributed by atoms with Crippen LogP contribution in [0.5, 0.6) is 0 Å². The van der Waals surface area contributed by atoms with Crippen LogP contribution in [-0.2, 0) is 16.1 Å². The number of aromatic nitrogens is 2. The van der Waals surface area contributed by atoms with E-state index < -0.39 is 0 Å². The predicted molar refractivity (Wildman–Crippen MR) is 114 cm³/mol. The fraction of sp³-hybridized carbons (Fsp3) is 0.391. The molecule has 3 aromatic rings. The number of rotatable bonds is 5. The number of piperidine rings is 1. The number of esters is 1. The van der Waals surface area contributed by atoms with Crippen LogP contribution >= 0.6 is 0 Å². The third kappa shape index (κ3) is 4.12. The van der Waals surface area contributed by atoms with Crippen LogP contribution in [0.1, 0.15) is 31.0 Å². The van der Waals surface area contributed by atoms with Crippen molar-refractivity contribution in [2.75, 3.05) is 25.4 Å². The zero-order valence-corrected chi connectivity index (χ0v) is 17.1. The number of hydrogen-bond donors (Lipinski definition) is 1. The first-order valence-electron chi connectivity index (χ1n) is 10.3. The van der Waals surface area contributed by atoms with Crippen molar-refractivity contribution < 1.29 is 9.53 Å². The normalized spacial score (nSPS) is 15.7. The molecule has 2 aromatic heterocycles. The Morgan fingerprint density at radius 2 is 1.90 bits per heavy atom. The molecule has 0 aliphatic carbocycles. The molecule has 1 aliphatic heterocycles. The third-order valence-corrected chi connectivity index (χ3v) is 5.65. The minimum atomic E-state index is -0.0601. The Hall–Kier alpha value is -2.86. The van der Waals surface area contributed by atoms with Crippen LogP contribution in [0.3, 0.4) is 0 Å². The Kier molecular flexibility index (Phi) is 5.53. The summed E-state index contributed by atoms with van der Waals surface area (Å²) in [6.07, 6.45) is 3.61. The second-order valence-electron chi connectivity index (χ2n) is 7.77. The van der Waals surface area contributed by atoms with Crippen LogP contribution in [0.2, 0.25) is 0 Å². The number of hydrogen-bond acceptors (Lipinski definition) is 5. The number of aryl methyl sites for hydroxylation is 1. The molecule has 3 heterocycles. The van der Waals surface area contributed by atoms with Gasteiger partial charge in [-0.15, -0.1) is 0 Å². The van der Waals surface area contributed by atoms with E-state index in [1.807, 2.05) is 25.3 Å². The summed E-state index contributed by atoms with van der Waals surface area (Å²) in [4.78, 5) is 19.3. The Morgan fingerprint density at radius 1 is 1.17 bits per heavy atom. The molecule has 0 radical (unpaired) electrons. The predicted octanol–water partition coefficient (Wildman–Crippen LogP) is 3.67. The summed E-state index contributed by atoms with van der Waals surface area (Å²) >= 11 is 0. The van der Waals surface area contributed by atoms with Gasteiger partial charge in [0, 0.05) is 24.0 Å². The maximum absolute atomic E-state index is 12.0. The summed E-state index contributed by atoms with van der Waals surface area (Å²) in [5.41, 5.74) is 12.1. The lowest BCUT2D eigenvalue weighted by molar-refractivity contribution is -0.149. The topological polar surface area (TPSA) is 72.9 Å². The van der Waals surface area contributed by atoms with Crippen molar-refractivity contribution in [1.82, 2.24) is 14.3 Å². The second-order valence-corrected chi connectivity index (χ2v) is 7.77. The molecule has 6 nitrogen and oxygen atoms in total. The van der Waals surface area contributed by atoms with E-state index in [1.54, 1.807) is 0 Å². The smallest absolute Gasteiger partial charge is 0.309 e. The standard InChI is InChI=1S/C23H28N4O2/c1-3-29-23(28)18-10-12-26(13-11-18)15-20-22(17-6-4-16(2)5-7-17)25-21-9-8-19(24)14-27(20)21/h4-9,14,18H,3,10-13,15,24H2,1-2H3. The van der Waals surface area contributed by atoms with E-state index in [0.29, 0.717) is 12.3 Å². The number of fused-ring (bicyclic) bond motifs is 1. The molecule has 29 heavy (non-hydrogen) atoms. The summed E-state index contributed by atoms with van der Waals surface area (Å²) < 4.78 is 7.29. The van der Waals surface area contributed by atoms with Gasteiger partial charge in [0.05, 0.1) is 23.9 Å². The van der Waals surface area contributed by atoms with Gasteiger partial charge >= 0.3 is 5.97 Å². The molecule has 1 aliphatic rings. The van der Waals surface area contributed by atoms with E-state index >= 15 is 0 Å². The van der Waals surface area contributed by atoms with Crippen molar-refractivity contribution >= 4 is 17.3 Å². The van der Waals surface area contributed by atoms with Gasteiger partial charge in [0.15, 0.2) is 0 Å². The molecule has 0 amide bonds. The fourth-order valence-corrected chi connectivity index (χ4v) is 4.00. The fourth-order valence-electron chi connectivity index (χ4n) is 4.00. The first kappa shape index (κ1) is 19.5. The van der Waals surface area contributed by atoms with Crippen molar-refractivity contribution in [2.24, 2.45) is 5.92 Å². The number of ether oxygens (including phenoxy) is 1. The van der Waals surface area contributed by atoms with E-state index in [0.717, 1.165) is 55.1 Å². The molecule has 0 spiro atoms. The minimum absolute atomic E-state index is 0.0144. The molecule has 4 rings (SSSR count). The Morgan fingerprint density at radius 3 is 2.59 bits per heavy atom. The van der Waals surface area contributed by atoms with Crippen LogP contribution in [0.25, 0.3) is 16.9 Å². The summed E-state index contributed by atoms with van der Waals surface area (Å²) in [7, 11) is 0. The molecular weight excluding hydrogens is 364 g/mol. The molecule has 1 saturated heterocycles. The van der Waals surface area contributed by atoms with Crippen LogP contribution in [0.4, 0.5) is 5.69 Å². The largest absolute Gasteiger partial charge is 0.466 e. The van der Waals surface area contributed by atoms with Crippen LogP contribution in [0.15, 0.2) is 42.6 Å². The molecule has 0 saturated carbocycles. The van der Waals surface area contributed by atoms with Gasteiger partial charge in [0.1, 0.15) is 5.65 Å². The average molecular weight is 393 g/mol. The third-order valence-electron chi connectivity index (χ3n) is 5.65. The Bertz CT molecular complexity index is 1000. The van der Waals surface area contributed by atoms with Crippen molar-refractivity contribution in [3.05, 3.63) is 53.9 Å². The van der Waals surface area contributed by atoms with E-state index in [1.165, 1.54) is 5.56 Å². The highest BCUT2D eigenvalue weighted by Gasteiger charge is 2.27. The van der Waals surface area contributed by atoms with Gasteiger partial charge in [-0.05, 0) is 51.9 Å². The lowest BCUT2D eigenvalue weighted by atomic mass is 9.96. The van der Waals surface area contributed by atoms with Gasteiger partial charge in [-0.2, -0.15) is 0 Å². The Balaban J connectivity index is 1.61. The van der Waals surface area contributed by atoms with Crippen molar-refractivity contribution in [2.45, 2.75) is 33.2 Å². The number of pyridine rings is 1. The molecule has 6 heteroatoms. The number of imidazole rings is 1. The van der Waals surface area contributed by atoms with Gasteiger partial charge in [-0.25, -0.2) is 4.98 Å². The maximum atomic E-state index is 12.0. The molecule has 0 bridgehead atoms. The number of benzene rings is 1. The zero-order valence-electron chi connectivity index (χ0n) is 17.1. The summed E-state index contributed by atoms with van der Waals surface area (Å²) in [6, 6.07) is 12.3.